The third-order valence-electron chi connectivity index (χ3n) is 4.47. The van der Waals surface area contributed by atoms with E-state index in [4.69, 9.17) is 0 Å². The van der Waals surface area contributed by atoms with Gasteiger partial charge in [0.1, 0.15) is 0 Å². The lowest BCUT2D eigenvalue weighted by molar-refractivity contribution is -0.126. The molecule has 2 aromatic heterocycles. The van der Waals surface area contributed by atoms with Gasteiger partial charge >= 0.3 is 0 Å². The average Bonchev–Trinajstić information content (AvgIpc) is 3.22. The Balaban J connectivity index is 1.34. The predicted molar refractivity (Wildman–Crippen MR) is 103 cm³/mol. The molecule has 4 rings (SSSR count). The van der Waals surface area contributed by atoms with Crippen LogP contribution in [0.25, 0.3) is 11.8 Å². The molecule has 0 bridgehead atoms. The largest absolute Gasteiger partial charge is 0.337 e. The van der Waals surface area contributed by atoms with E-state index in [1.165, 1.54) is 0 Å². The number of piperazine rings is 1. The van der Waals surface area contributed by atoms with E-state index in [0.29, 0.717) is 19.0 Å². The van der Waals surface area contributed by atoms with Crippen LogP contribution in [0, 0.1) is 0 Å². The Bertz CT molecular complexity index is 914. The standard InChI is InChI=1S/C20H20N6O/c27-19(24-11-13-25(14-12-24)20-21-9-4-10-22-20)8-7-17-15-23-26(16-17)18-5-2-1-3-6-18/h1-10,15-16H,11-14H2. The van der Waals surface area contributed by atoms with Gasteiger partial charge in [0.25, 0.3) is 0 Å². The molecule has 0 aliphatic carbocycles. The molecule has 1 aliphatic heterocycles. The Morgan fingerprint density at radius 3 is 2.44 bits per heavy atom. The molecule has 136 valence electrons. The SMILES string of the molecule is O=C(C=Cc1cnn(-c2ccccc2)c1)N1CCN(c2ncccn2)CC1. The molecule has 1 amide bonds. The molecule has 3 heterocycles. The van der Waals surface area contributed by atoms with Crippen LogP contribution in [0.15, 0.2) is 67.3 Å². The van der Waals surface area contributed by atoms with Crippen molar-refractivity contribution in [1.82, 2.24) is 24.6 Å². The maximum absolute atomic E-state index is 12.5. The number of hydrogen-bond donors (Lipinski definition) is 0. The zero-order chi connectivity index (χ0) is 18.5. The summed E-state index contributed by atoms with van der Waals surface area (Å²) < 4.78 is 1.79. The summed E-state index contributed by atoms with van der Waals surface area (Å²) in [6.45, 7) is 2.78. The minimum atomic E-state index is 0.0103. The summed E-state index contributed by atoms with van der Waals surface area (Å²) in [7, 11) is 0. The topological polar surface area (TPSA) is 67.2 Å². The molecule has 7 nitrogen and oxygen atoms in total. The molecule has 0 radical (unpaired) electrons. The van der Waals surface area contributed by atoms with Gasteiger partial charge in [-0.15, -0.1) is 0 Å². The number of benzene rings is 1. The van der Waals surface area contributed by atoms with Crippen LogP contribution in [0.2, 0.25) is 0 Å². The Morgan fingerprint density at radius 2 is 1.70 bits per heavy atom. The molecule has 27 heavy (non-hydrogen) atoms. The van der Waals surface area contributed by atoms with Crippen molar-refractivity contribution in [2.75, 3.05) is 31.1 Å². The minimum absolute atomic E-state index is 0.0103. The number of carbonyl (C=O) groups excluding carboxylic acids is 1. The predicted octanol–water partition coefficient (Wildman–Crippen LogP) is 2.02. The summed E-state index contributed by atoms with van der Waals surface area (Å²) in [6.07, 6.45) is 10.5. The van der Waals surface area contributed by atoms with Gasteiger partial charge in [0, 0.05) is 56.4 Å². The maximum Gasteiger partial charge on any atom is 0.246 e. The fourth-order valence-electron chi connectivity index (χ4n) is 3.00. The van der Waals surface area contributed by atoms with Gasteiger partial charge in [-0.2, -0.15) is 5.10 Å². The van der Waals surface area contributed by atoms with E-state index in [-0.39, 0.29) is 5.91 Å². The van der Waals surface area contributed by atoms with Crippen molar-refractivity contribution in [2.24, 2.45) is 0 Å². The van der Waals surface area contributed by atoms with Gasteiger partial charge in [-0.25, -0.2) is 14.6 Å². The van der Waals surface area contributed by atoms with Crippen molar-refractivity contribution in [3.63, 3.8) is 0 Å². The van der Waals surface area contributed by atoms with Gasteiger partial charge in [0.2, 0.25) is 11.9 Å². The highest BCUT2D eigenvalue weighted by molar-refractivity contribution is 5.91. The first-order chi connectivity index (χ1) is 13.3. The number of carbonyl (C=O) groups is 1. The number of nitrogens with zero attached hydrogens (tertiary/aromatic N) is 6. The second-order valence-corrected chi connectivity index (χ2v) is 6.25. The highest BCUT2D eigenvalue weighted by atomic mass is 16.2. The molecular formula is C20H20N6O. The van der Waals surface area contributed by atoms with Gasteiger partial charge < -0.3 is 9.80 Å². The van der Waals surface area contributed by atoms with E-state index < -0.39 is 0 Å². The first-order valence-electron chi connectivity index (χ1n) is 8.89. The second kappa shape index (κ2) is 7.82. The van der Waals surface area contributed by atoms with Crippen molar-refractivity contribution >= 4 is 17.9 Å². The summed E-state index contributed by atoms with van der Waals surface area (Å²) in [6, 6.07) is 11.7. The summed E-state index contributed by atoms with van der Waals surface area (Å²) in [4.78, 5) is 24.9. The number of anilines is 1. The van der Waals surface area contributed by atoms with Crippen LogP contribution in [-0.2, 0) is 4.79 Å². The van der Waals surface area contributed by atoms with Crippen molar-refractivity contribution in [3.8, 4) is 5.69 Å². The lowest BCUT2D eigenvalue weighted by Crippen LogP contribution is -2.48. The van der Waals surface area contributed by atoms with Crippen LogP contribution in [0.3, 0.4) is 0 Å². The molecule has 0 unspecified atom stereocenters. The summed E-state index contributed by atoms with van der Waals surface area (Å²) in [5.74, 6) is 0.726. The smallest absolute Gasteiger partial charge is 0.246 e. The van der Waals surface area contributed by atoms with Crippen molar-refractivity contribution in [2.45, 2.75) is 0 Å². The van der Waals surface area contributed by atoms with Gasteiger partial charge in [0.15, 0.2) is 0 Å². The quantitative estimate of drug-likeness (QED) is 0.666. The molecule has 0 saturated carbocycles. The Labute approximate surface area is 157 Å². The second-order valence-electron chi connectivity index (χ2n) is 6.25. The maximum atomic E-state index is 12.5. The van der Waals surface area contributed by atoms with Crippen LogP contribution in [-0.4, -0.2) is 56.7 Å². The number of para-hydroxylation sites is 1. The van der Waals surface area contributed by atoms with Crippen LogP contribution in [0.5, 0.6) is 0 Å². The Kier molecular flexibility index (Phi) is 4.91. The Hall–Kier alpha value is -3.48. The first kappa shape index (κ1) is 17.0. The van der Waals surface area contributed by atoms with Crippen molar-refractivity contribution in [1.29, 1.82) is 0 Å². The van der Waals surface area contributed by atoms with Crippen molar-refractivity contribution < 1.29 is 4.79 Å². The van der Waals surface area contributed by atoms with E-state index in [1.54, 1.807) is 41.5 Å². The molecule has 3 aromatic rings. The highest BCUT2D eigenvalue weighted by Crippen LogP contribution is 2.12. The van der Waals surface area contributed by atoms with E-state index >= 15 is 0 Å². The molecule has 1 fully saturated rings. The van der Waals surface area contributed by atoms with Crippen LogP contribution >= 0.6 is 0 Å². The minimum Gasteiger partial charge on any atom is -0.337 e. The monoisotopic (exact) mass is 360 g/mol. The molecule has 1 aliphatic rings. The number of hydrogen-bond acceptors (Lipinski definition) is 5. The van der Waals surface area contributed by atoms with E-state index in [0.717, 1.165) is 24.3 Å². The first-order valence-corrected chi connectivity index (χ1v) is 8.89. The molecule has 0 N–H and O–H groups in total. The van der Waals surface area contributed by atoms with E-state index in [2.05, 4.69) is 20.0 Å². The molecule has 0 atom stereocenters. The zero-order valence-electron chi connectivity index (χ0n) is 14.8. The van der Waals surface area contributed by atoms with Gasteiger partial charge in [-0.1, -0.05) is 18.2 Å². The van der Waals surface area contributed by atoms with Crippen LogP contribution < -0.4 is 4.90 Å². The summed E-state index contributed by atoms with van der Waals surface area (Å²) in [5, 5.41) is 4.34. The van der Waals surface area contributed by atoms with Crippen LogP contribution in [0.4, 0.5) is 5.95 Å². The van der Waals surface area contributed by atoms with Gasteiger partial charge in [-0.3, -0.25) is 4.79 Å². The van der Waals surface area contributed by atoms with Gasteiger partial charge in [0.05, 0.1) is 11.9 Å². The lowest BCUT2D eigenvalue weighted by Gasteiger charge is -2.34. The zero-order valence-corrected chi connectivity index (χ0v) is 14.8. The molecule has 1 saturated heterocycles. The van der Waals surface area contributed by atoms with Gasteiger partial charge in [-0.05, 0) is 24.3 Å². The summed E-state index contributed by atoms with van der Waals surface area (Å²) in [5.41, 5.74) is 1.88. The number of amides is 1. The van der Waals surface area contributed by atoms with Crippen molar-refractivity contribution in [3.05, 3.63) is 72.8 Å². The highest BCUT2D eigenvalue weighted by Gasteiger charge is 2.20. The normalized spacial score (nSPS) is 14.7. The average molecular weight is 360 g/mol. The summed E-state index contributed by atoms with van der Waals surface area (Å²) >= 11 is 0. The third-order valence-corrected chi connectivity index (χ3v) is 4.47. The number of aromatic nitrogens is 4. The molecule has 1 aromatic carbocycles. The van der Waals surface area contributed by atoms with E-state index in [9.17, 15) is 4.79 Å². The molecular weight excluding hydrogens is 340 g/mol. The number of rotatable bonds is 4. The third kappa shape index (κ3) is 4.03. The van der Waals surface area contributed by atoms with E-state index in [1.807, 2.05) is 41.4 Å². The Morgan fingerprint density at radius 1 is 0.963 bits per heavy atom. The lowest BCUT2D eigenvalue weighted by atomic mass is 10.2. The molecule has 0 spiro atoms. The fourth-order valence-corrected chi connectivity index (χ4v) is 3.00. The van der Waals surface area contributed by atoms with Crippen LogP contribution in [0.1, 0.15) is 5.56 Å². The molecule has 7 heteroatoms. The fraction of sp³-hybridized carbons (Fsp3) is 0.200.